The first-order chi connectivity index (χ1) is 14.4. The number of hydrogen-bond acceptors (Lipinski definition) is 3. The number of rotatable bonds is 8. The topological polar surface area (TPSA) is 70.9 Å². The molecule has 0 saturated carbocycles. The number of benzene rings is 2. The third kappa shape index (κ3) is 5.68. The fourth-order valence-electron chi connectivity index (χ4n) is 3.83. The van der Waals surface area contributed by atoms with Crippen molar-refractivity contribution in [3.8, 4) is 0 Å². The van der Waals surface area contributed by atoms with E-state index in [2.05, 4.69) is 12.2 Å². The molecule has 2 aromatic rings. The minimum atomic E-state index is -3.48. The van der Waals surface area contributed by atoms with Crippen LogP contribution in [-0.4, -0.2) is 51.4 Å². The fraction of sp³-hybridized carbons (Fsp3) is 0.435. The summed E-state index contributed by atoms with van der Waals surface area (Å²) in [4.78, 5) is 13.9. The molecule has 0 bridgehead atoms. The van der Waals surface area contributed by atoms with Gasteiger partial charge in [0.05, 0.1) is 37.1 Å². The van der Waals surface area contributed by atoms with E-state index in [1.165, 1.54) is 4.31 Å². The van der Waals surface area contributed by atoms with Gasteiger partial charge in [-0.15, -0.1) is 0 Å². The van der Waals surface area contributed by atoms with Gasteiger partial charge in [0.1, 0.15) is 0 Å². The van der Waals surface area contributed by atoms with Crippen molar-refractivity contribution in [3.05, 3.63) is 65.7 Å². The zero-order chi connectivity index (χ0) is 21.6. The Kier molecular flexibility index (Phi) is 7.64. The van der Waals surface area contributed by atoms with Crippen LogP contribution in [0.5, 0.6) is 0 Å². The lowest BCUT2D eigenvalue weighted by Crippen LogP contribution is -3.15. The van der Waals surface area contributed by atoms with Gasteiger partial charge in [0, 0.05) is 0 Å². The molecule has 1 aliphatic rings. The van der Waals surface area contributed by atoms with Gasteiger partial charge in [-0.25, -0.2) is 8.42 Å². The summed E-state index contributed by atoms with van der Waals surface area (Å²) in [5, 5.41) is 3.03. The number of carbonyl (C=O) groups excluding carboxylic acids is 1. The van der Waals surface area contributed by atoms with Gasteiger partial charge in [-0.05, 0) is 36.6 Å². The predicted octanol–water partition coefficient (Wildman–Crippen LogP) is 1.41. The number of sulfonamides is 1. The number of quaternary nitrogens is 1. The third-order valence-corrected chi connectivity index (χ3v) is 7.53. The number of aryl methyl sites for hydroxylation is 1. The Morgan fingerprint density at radius 3 is 2.30 bits per heavy atom. The van der Waals surface area contributed by atoms with Gasteiger partial charge in [-0.3, -0.25) is 4.79 Å². The molecule has 162 valence electrons. The van der Waals surface area contributed by atoms with Crippen molar-refractivity contribution in [2.75, 3.05) is 32.7 Å². The molecular weight excluding hydrogens is 398 g/mol. The molecule has 2 aromatic carbocycles. The average molecular weight is 431 g/mol. The molecular formula is C23H32N3O3S+. The lowest BCUT2D eigenvalue weighted by Gasteiger charge is -2.31. The number of nitrogens with zero attached hydrogens (tertiary/aromatic N) is 1. The van der Waals surface area contributed by atoms with Crippen molar-refractivity contribution in [2.45, 2.75) is 37.6 Å². The summed E-state index contributed by atoms with van der Waals surface area (Å²) in [6.07, 6.45) is 1.99. The summed E-state index contributed by atoms with van der Waals surface area (Å²) in [5.74, 6) is -0.0100. The number of nitrogens with one attached hydrogen (secondary N) is 2. The molecule has 1 atom stereocenters. The van der Waals surface area contributed by atoms with Crippen LogP contribution in [-0.2, 0) is 21.2 Å². The SMILES string of the molecule is CCCc1ccc(S(=O)(=O)N2CC[NH+](CC(=O)N[C@@H](C)c3ccccc3)CC2)cc1. The number of piperazine rings is 1. The summed E-state index contributed by atoms with van der Waals surface area (Å²) in [7, 11) is -3.48. The third-order valence-electron chi connectivity index (χ3n) is 5.62. The smallest absolute Gasteiger partial charge is 0.275 e. The highest BCUT2D eigenvalue weighted by molar-refractivity contribution is 7.89. The zero-order valence-corrected chi connectivity index (χ0v) is 18.6. The summed E-state index contributed by atoms with van der Waals surface area (Å²) in [6, 6.07) is 17.0. The molecule has 0 unspecified atom stereocenters. The van der Waals surface area contributed by atoms with E-state index in [1.807, 2.05) is 49.4 Å². The van der Waals surface area contributed by atoms with E-state index in [4.69, 9.17) is 0 Å². The van der Waals surface area contributed by atoms with Crippen LogP contribution in [0.4, 0.5) is 0 Å². The van der Waals surface area contributed by atoms with E-state index in [9.17, 15) is 13.2 Å². The molecule has 2 N–H and O–H groups in total. The molecule has 6 nitrogen and oxygen atoms in total. The first-order valence-corrected chi connectivity index (χ1v) is 12.1. The fourth-order valence-corrected chi connectivity index (χ4v) is 5.27. The van der Waals surface area contributed by atoms with Crippen molar-refractivity contribution in [3.63, 3.8) is 0 Å². The second-order valence-electron chi connectivity index (χ2n) is 7.92. The maximum absolute atomic E-state index is 12.9. The van der Waals surface area contributed by atoms with Gasteiger partial charge >= 0.3 is 0 Å². The normalized spacial score (nSPS) is 16.9. The van der Waals surface area contributed by atoms with E-state index >= 15 is 0 Å². The van der Waals surface area contributed by atoms with Gasteiger partial charge < -0.3 is 10.2 Å². The van der Waals surface area contributed by atoms with Crippen LogP contribution < -0.4 is 10.2 Å². The van der Waals surface area contributed by atoms with Crippen molar-refractivity contribution in [2.24, 2.45) is 0 Å². The Morgan fingerprint density at radius 2 is 1.70 bits per heavy atom. The van der Waals surface area contributed by atoms with E-state index in [0.717, 1.165) is 28.9 Å². The Hall–Kier alpha value is -2.22. The second kappa shape index (κ2) is 10.2. The maximum atomic E-state index is 12.9. The van der Waals surface area contributed by atoms with Crippen LogP contribution in [0.1, 0.15) is 37.4 Å². The first kappa shape index (κ1) is 22.5. The molecule has 1 saturated heterocycles. The van der Waals surface area contributed by atoms with Crippen molar-refractivity contribution in [1.82, 2.24) is 9.62 Å². The Labute approximate surface area is 179 Å². The molecule has 1 amide bonds. The first-order valence-electron chi connectivity index (χ1n) is 10.7. The van der Waals surface area contributed by atoms with Gasteiger partial charge in [0.2, 0.25) is 10.0 Å². The van der Waals surface area contributed by atoms with E-state index < -0.39 is 10.0 Å². The van der Waals surface area contributed by atoms with Crippen molar-refractivity contribution in [1.29, 1.82) is 0 Å². The van der Waals surface area contributed by atoms with Crippen molar-refractivity contribution >= 4 is 15.9 Å². The summed E-state index contributed by atoms with van der Waals surface area (Å²) < 4.78 is 27.4. The zero-order valence-electron chi connectivity index (χ0n) is 17.8. The lowest BCUT2D eigenvalue weighted by atomic mass is 10.1. The molecule has 0 aliphatic carbocycles. The average Bonchev–Trinajstić information content (AvgIpc) is 2.75. The van der Waals surface area contributed by atoms with Gasteiger partial charge in [0.15, 0.2) is 6.54 Å². The van der Waals surface area contributed by atoms with Crippen molar-refractivity contribution < 1.29 is 18.1 Å². The summed E-state index contributed by atoms with van der Waals surface area (Å²) in [5.41, 5.74) is 2.23. The summed E-state index contributed by atoms with van der Waals surface area (Å²) in [6.45, 7) is 6.54. The monoisotopic (exact) mass is 430 g/mol. The number of carbonyl (C=O) groups is 1. The minimum absolute atomic E-state index is 0.0100. The second-order valence-corrected chi connectivity index (χ2v) is 9.86. The lowest BCUT2D eigenvalue weighted by molar-refractivity contribution is -0.895. The molecule has 7 heteroatoms. The quantitative estimate of drug-likeness (QED) is 0.665. The standard InChI is InChI=1S/C23H31N3O3S/c1-3-7-20-10-12-22(13-11-20)30(28,29)26-16-14-25(15-17-26)18-23(27)24-19(2)21-8-5-4-6-9-21/h4-6,8-13,19H,3,7,14-18H2,1-2H3,(H,24,27)/p+1/t19-/m0/s1. The van der Waals surface area contributed by atoms with Crippen LogP contribution in [0.3, 0.4) is 0 Å². The minimum Gasteiger partial charge on any atom is -0.345 e. The van der Waals surface area contributed by atoms with E-state index in [1.54, 1.807) is 12.1 Å². The van der Waals surface area contributed by atoms with Gasteiger partial charge in [-0.2, -0.15) is 4.31 Å². The Morgan fingerprint density at radius 1 is 1.07 bits per heavy atom. The summed E-state index contributed by atoms with van der Waals surface area (Å²) >= 11 is 0. The van der Waals surface area contributed by atoms with Crippen LogP contribution in [0.25, 0.3) is 0 Å². The van der Waals surface area contributed by atoms with E-state index in [-0.39, 0.29) is 11.9 Å². The number of hydrogen-bond donors (Lipinski definition) is 2. The van der Waals surface area contributed by atoms with Gasteiger partial charge in [-0.1, -0.05) is 55.8 Å². The number of amides is 1. The Bertz CT molecular complexity index is 922. The molecule has 1 aliphatic heterocycles. The molecule has 30 heavy (non-hydrogen) atoms. The van der Waals surface area contributed by atoms with Crippen LogP contribution >= 0.6 is 0 Å². The van der Waals surface area contributed by atoms with Crippen LogP contribution in [0.2, 0.25) is 0 Å². The van der Waals surface area contributed by atoms with Crippen LogP contribution in [0.15, 0.2) is 59.5 Å². The molecule has 0 aromatic heterocycles. The molecule has 1 fully saturated rings. The van der Waals surface area contributed by atoms with Gasteiger partial charge in [0.25, 0.3) is 5.91 Å². The maximum Gasteiger partial charge on any atom is 0.275 e. The highest BCUT2D eigenvalue weighted by Gasteiger charge is 2.31. The van der Waals surface area contributed by atoms with E-state index in [0.29, 0.717) is 37.6 Å². The molecule has 0 spiro atoms. The largest absolute Gasteiger partial charge is 0.345 e. The Balaban J connectivity index is 1.50. The van der Waals surface area contributed by atoms with Crippen LogP contribution in [0, 0.1) is 0 Å². The molecule has 3 rings (SSSR count). The molecule has 0 radical (unpaired) electrons. The highest BCUT2D eigenvalue weighted by atomic mass is 32.2. The predicted molar refractivity (Wildman–Crippen MR) is 118 cm³/mol. The molecule has 1 heterocycles. The highest BCUT2D eigenvalue weighted by Crippen LogP contribution is 2.17.